The normalized spacial score (nSPS) is 10.9. The number of aromatic nitrogens is 3. The van der Waals surface area contributed by atoms with Gasteiger partial charge in [-0.05, 0) is 31.0 Å². The van der Waals surface area contributed by atoms with Gasteiger partial charge in [0.05, 0.1) is 11.9 Å². The van der Waals surface area contributed by atoms with Crippen LogP contribution in [0.15, 0.2) is 40.9 Å². The van der Waals surface area contributed by atoms with Crippen molar-refractivity contribution in [1.82, 2.24) is 20.5 Å². The standard InChI is InChI=1S/C19H21N5O3/c1-3-13(4-2)22-18(26)16-10-21-19(27-16)12-7-5-6-11(8-12)14-9-15(17(20)25)24-23-14/h5-10,13H,3-4H2,1-2H3,(H2,20,25)(H,22,26)(H,23,24). The van der Waals surface area contributed by atoms with Crippen LogP contribution in [0.1, 0.15) is 47.7 Å². The van der Waals surface area contributed by atoms with Gasteiger partial charge < -0.3 is 15.5 Å². The predicted octanol–water partition coefficient (Wildman–Crippen LogP) is 2.75. The van der Waals surface area contributed by atoms with Crippen LogP contribution in [0.4, 0.5) is 0 Å². The Labute approximate surface area is 156 Å². The van der Waals surface area contributed by atoms with Gasteiger partial charge in [-0.15, -0.1) is 0 Å². The lowest BCUT2D eigenvalue weighted by Gasteiger charge is -2.12. The third kappa shape index (κ3) is 4.05. The Bertz CT molecular complexity index is 956. The number of rotatable bonds is 7. The van der Waals surface area contributed by atoms with Crippen molar-refractivity contribution in [3.05, 3.63) is 48.0 Å². The van der Waals surface area contributed by atoms with Crippen molar-refractivity contribution < 1.29 is 14.0 Å². The molecule has 8 heteroatoms. The van der Waals surface area contributed by atoms with Crippen LogP contribution in [-0.4, -0.2) is 33.0 Å². The maximum Gasteiger partial charge on any atom is 0.288 e. The second kappa shape index (κ2) is 7.86. The Balaban J connectivity index is 1.82. The Morgan fingerprint density at radius 1 is 1.22 bits per heavy atom. The molecule has 0 saturated heterocycles. The molecule has 0 spiro atoms. The van der Waals surface area contributed by atoms with Crippen molar-refractivity contribution in [1.29, 1.82) is 0 Å². The van der Waals surface area contributed by atoms with Gasteiger partial charge >= 0.3 is 0 Å². The molecule has 140 valence electrons. The van der Waals surface area contributed by atoms with Gasteiger partial charge in [0, 0.05) is 17.2 Å². The number of aromatic amines is 1. The molecular weight excluding hydrogens is 346 g/mol. The third-order valence-electron chi connectivity index (χ3n) is 4.30. The number of nitrogens with one attached hydrogen (secondary N) is 2. The Kier molecular flexibility index (Phi) is 5.35. The number of nitrogens with two attached hydrogens (primary N) is 1. The van der Waals surface area contributed by atoms with Crippen molar-refractivity contribution in [3.8, 4) is 22.7 Å². The van der Waals surface area contributed by atoms with E-state index >= 15 is 0 Å². The van der Waals surface area contributed by atoms with Crippen LogP contribution < -0.4 is 11.1 Å². The highest BCUT2D eigenvalue weighted by Crippen LogP contribution is 2.25. The van der Waals surface area contributed by atoms with E-state index in [2.05, 4.69) is 20.5 Å². The zero-order chi connectivity index (χ0) is 19.4. The molecule has 0 fully saturated rings. The smallest absolute Gasteiger partial charge is 0.288 e. The molecule has 0 radical (unpaired) electrons. The summed E-state index contributed by atoms with van der Waals surface area (Å²) in [6, 6.07) is 9.01. The maximum atomic E-state index is 12.3. The molecule has 0 aliphatic carbocycles. The quantitative estimate of drug-likeness (QED) is 0.592. The van der Waals surface area contributed by atoms with Crippen LogP contribution in [0.2, 0.25) is 0 Å². The molecule has 0 saturated carbocycles. The minimum atomic E-state index is -0.602. The number of H-pyrrole nitrogens is 1. The first-order valence-corrected chi connectivity index (χ1v) is 8.74. The van der Waals surface area contributed by atoms with E-state index in [-0.39, 0.29) is 23.4 Å². The van der Waals surface area contributed by atoms with Gasteiger partial charge in [-0.25, -0.2) is 4.98 Å². The number of hydrogen-bond donors (Lipinski definition) is 3. The minimum absolute atomic E-state index is 0.106. The topological polar surface area (TPSA) is 127 Å². The predicted molar refractivity (Wildman–Crippen MR) is 99.9 cm³/mol. The fraction of sp³-hybridized carbons (Fsp3) is 0.263. The number of nitrogens with zero attached hydrogens (tertiary/aromatic N) is 2. The van der Waals surface area contributed by atoms with Gasteiger partial charge in [-0.2, -0.15) is 5.10 Å². The summed E-state index contributed by atoms with van der Waals surface area (Å²) in [5.74, 6) is -0.381. The number of benzene rings is 1. The van der Waals surface area contributed by atoms with Crippen LogP contribution in [-0.2, 0) is 0 Å². The SMILES string of the molecule is CCC(CC)NC(=O)c1cnc(-c2cccc(-c3cc(C(N)=O)n[nH]3)c2)o1. The first-order valence-electron chi connectivity index (χ1n) is 8.74. The fourth-order valence-electron chi connectivity index (χ4n) is 2.68. The highest BCUT2D eigenvalue weighted by Gasteiger charge is 2.17. The van der Waals surface area contributed by atoms with Crippen LogP contribution in [0.5, 0.6) is 0 Å². The summed E-state index contributed by atoms with van der Waals surface area (Å²) in [7, 11) is 0. The van der Waals surface area contributed by atoms with Gasteiger partial charge in [-0.3, -0.25) is 14.7 Å². The zero-order valence-electron chi connectivity index (χ0n) is 15.2. The number of carbonyl (C=O) groups excluding carboxylic acids is 2. The van der Waals surface area contributed by atoms with Gasteiger partial charge in [0.25, 0.3) is 11.8 Å². The van der Waals surface area contributed by atoms with Crippen molar-refractivity contribution in [2.24, 2.45) is 5.73 Å². The summed E-state index contributed by atoms with van der Waals surface area (Å²) in [5.41, 5.74) is 7.51. The molecule has 0 aliphatic rings. The highest BCUT2D eigenvalue weighted by atomic mass is 16.4. The number of amides is 2. The molecule has 27 heavy (non-hydrogen) atoms. The average Bonchev–Trinajstić information content (AvgIpc) is 3.36. The van der Waals surface area contributed by atoms with Crippen LogP contribution in [0.25, 0.3) is 22.7 Å². The van der Waals surface area contributed by atoms with E-state index in [0.717, 1.165) is 18.4 Å². The second-order valence-corrected chi connectivity index (χ2v) is 6.13. The lowest BCUT2D eigenvalue weighted by Crippen LogP contribution is -2.33. The second-order valence-electron chi connectivity index (χ2n) is 6.13. The van der Waals surface area contributed by atoms with Crippen molar-refractivity contribution in [3.63, 3.8) is 0 Å². The summed E-state index contributed by atoms with van der Waals surface area (Å²) < 4.78 is 5.63. The maximum absolute atomic E-state index is 12.3. The van der Waals surface area contributed by atoms with Crippen LogP contribution in [0.3, 0.4) is 0 Å². The van der Waals surface area contributed by atoms with E-state index in [1.54, 1.807) is 6.07 Å². The summed E-state index contributed by atoms with van der Waals surface area (Å²) in [6.45, 7) is 4.04. The fourth-order valence-corrected chi connectivity index (χ4v) is 2.68. The summed E-state index contributed by atoms with van der Waals surface area (Å²) in [5, 5.41) is 9.57. The van der Waals surface area contributed by atoms with Crippen molar-refractivity contribution in [2.75, 3.05) is 0 Å². The zero-order valence-corrected chi connectivity index (χ0v) is 15.2. The van der Waals surface area contributed by atoms with E-state index in [1.807, 2.05) is 38.1 Å². The molecule has 0 bridgehead atoms. The molecule has 2 aromatic heterocycles. The number of oxazole rings is 1. The first-order chi connectivity index (χ1) is 13.0. The molecule has 0 atom stereocenters. The summed E-state index contributed by atoms with van der Waals surface area (Å²) >= 11 is 0. The largest absolute Gasteiger partial charge is 0.431 e. The van der Waals surface area contributed by atoms with Crippen molar-refractivity contribution in [2.45, 2.75) is 32.7 Å². The molecule has 8 nitrogen and oxygen atoms in total. The molecular formula is C19H21N5O3. The van der Waals surface area contributed by atoms with Gasteiger partial charge in [-0.1, -0.05) is 26.0 Å². The van der Waals surface area contributed by atoms with E-state index in [4.69, 9.17) is 10.2 Å². The Hall–Kier alpha value is -3.42. The molecule has 2 heterocycles. The summed E-state index contributed by atoms with van der Waals surface area (Å²) in [6.07, 6.45) is 3.12. The molecule has 2 amide bonds. The molecule has 4 N–H and O–H groups in total. The highest BCUT2D eigenvalue weighted by molar-refractivity contribution is 5.92. The van der Waals surface area contributed by atoms with Gasteiger partial charge in [0.2, 0.25) is 11.7 Å². The van der Waals surface area contributed by atoms with E-state index in [0.29, 0.717) is 17.1 Å². The van der Waals surface area contributed by atoms with Gasteiger partial charge in [0.1, 0.15) is 5.69 Å². The van der Waals surface area contributed by atoms with E-state index in [9.17, 15) is 9.59 Å². The van der Waals surface area contributed by atoms with E-state index in [1.165, 1.54) is 6.20 Å². The van der Waals surface area contributed by atoms with E-state index < -0.39 is 5.91 Å². The number of hydrogen-bond acceptors (Lipinski definition) is 5. The lowest BCUT2D eigenvalue weighted by atomic mass is 10.1. The van der Waals surface area contributed by atoms with Crippen molar-refractivity contribution >= 4 is 11.8 Å². The minimum Gasteiger partial charge on any atom is -0.431 e. The van der Waals surface area contributed by atoms with Gasteiger partial charge in [0.15, 0.2) is 0 Å². The number of carbonyl (C=O) groups is 2. The Morgan fingerprint density at radius 2 is 1.96 bits per heavy atom. The number of primary amides is 1. The molecule has 3 aromatic rings. The van der Waals surface area contributed by atoms with Crippen LogP contribution in [0, 0.1) is 0 Å². The molecule has 0 aliphatic heterocycles. The Morgan fingerprint density at radius 3 is 2.63 bits per heavy atom. The first kappa shape index (κ1) is 18.4. The lowest BCUT2D eigenvalue weighted by molar-refractivity contribution is 0.0907. The molecule has 0 unspecified atom stereocenters. The molecule has 1 aromatic carbocycles. The summed E-state index contributed by atoms with van der Waals surface area (Å²) in [4.78, 5) is 27.7. The monoisotopic (exact) mass is 367 g/mol. The average molecular weight is 367 g/mol. The third-order valence-corrected chi connectivity index (χ3v) is 4.30. The van der Waals surface area contributed by atoms with Crippen LogP contribution >= 0.6 is 0 Å². The molecule has 3 rings (SSSR count).